The Hall–Kier alpha value is -3.49. The van der Waals surface area contributed by atoms with E-state index in [1.165, 1.54) is 32.4 Å². The van der Waals surface area contributed by atoms with Gasteiger partial charge in [-0.2, -0.15) is 10.2 Å². The maximum absolute atomic E-state index is 11.9. The fourth-order valence-electron chi connectivity index (χ4n) is 1.98. The van der Waals surface area contributed by atoms with Crippen molar-refractivity contribution in [2.24, 2.45) is 10.2 Å². The number of methoxy groups -OCH3 is 2. The maximum atomic E-state index is 11.9. The van der Waals surface area contributed by atoms with Crippen LogP contribution in [0.5, 0.6) is 11.5 Å². The molecule has 0 saturated carbocycles. The minimum absolute atomic E-state index is 0.121. The summed E-state index contributed by atoms with van der Waals surface area (Å²) in [5.41, 5.74) is 0.695. The molecule has 9 nitrogen and oxygen atoms in total. The van der Waals surface area contributed by atoms with Gasteiger partial charge in [0.2, 0.25) is 5.91 Å². The molecule has 9 heteroatoms. The van der Waals surface area contributed by atoms with Crippen molar-refractivity contribution in [2.75, 3.05) is 26.1 Å². The summed E-state index contributed by atoms with van der Waals surface area (Å²) < 4.78 is 10.2. The summed E-state index contributed by atoms with van der Waals surface area (Å²) >= 11 is 0. The maximum Gasteiger partial charge on any atom is 0.273 e. The lowest BCUT2D eigenvalue weighted by molar-refractivity contribution is -0.384. The van der Waals surface area contributed by atoms with Crippen molar-refractivity contribution in [3.05, 3.63) is 52.6 Å². The summed E-state index contributed by atoms with van der Waals surface area (Å²) in [4.78, 5) is 22.1. The van der Waals surface area contributed by atoms with Crippen molar-refractivity contribution >= 4 is 23.0 Å². The predicted octanol–water partition coefficient (Wildman–Crippen LogP) is 3.33. The van der Waals surface area contributed by atoms with E-state index < -0.39 is 4.92 Å². The van der Waals surface area contributed by atoms with E-state index in [1.807, 2.05) is 0 Å². The molecule has 0 aliphatic carbocycles. The van der Waals surface area contributed by atoms with Crippen LogP contribution in [0, 0.1) is 10.1 Å². The third kappa shape index (κ3) is 4.74. The second-order valence-electron chi connectivity index (χ2n) is 4.76. The van der Waals surface area contributed by atoms with Gasteiger partial charge in [0.05, 0.1) is 30.9 Å². The number of non-ortho nitro benzene ring substituents is 1. The Morgan fingerprint density at radius 2 is 1.88 bits per heavy atom. The molecule has 130 valence electrons. The number of carbonyl (C=O) groups excluding carboxylic acids is 1. The summed E-state index contributed by atoms with van der Waals surface area (Å²) in [6.45, 7) is -0.224. The van der Waals surface area contributed by atoms with Gasteiger partial charge in [0.15, 0.2) is 5.75 Å². The van der Waals surface area contributed by atoms with Crippen LogP contribution >= 0.6 is 0 Å². The van der Waals surface area contributed by atoms with Gasteiger partial charge < -0.3 is 14.8 Å². The molecule has 0 atom stereocenters. The average molecular weight is 344 g/mol. The van der Waals surface area contributed by atoms with Gasteiger partial charge in [-0.05, 0) is 18.2 Å². The Bertz CT molecular complexity index is 807. The van der Waals surface area contributed by atoms with E-state index in [0.29, 0.717) is 11.4 Å². The van der Waals surface area contributed by atoms with Crippen LogP contribution in [0.4, 0.5) is 17.1 Å². The van der Waals surface area contributed by atoms with Crippen molar-refractivity contribution in [1.29, 1.82) is 0 Å². The Morgan fingerprint density at radius 1 is 1.16 bits per heavy atom. The predicted molar refractivity (Wildman–Crippen MR) is 90.7 cm³/mol. The number of azo groups is 1. The number of hydrogen-bond donors (Lipinski definition) is 1. The molecule has 1 amide bonds. The van der Waals surface area contributed by atoms with E-state index in [1.54, 1.807) is 24.3 Å². The highest BCUT2D eigenvalue weighted by molar-refractivity contribution is 5.93. The lowest BCUT2D eigenvalue weighted by Crippen LogP contribution is -2.15. The number of nitrogens with zero attached hydrogens (tertiary/aromatic N) is 3. The molecule has 1 N–H and O–H groups in total. The van der Waals surface area contributed by atoms with Crippen LogP contribution in [0.25, 0.3) is 0 Å². The fourth-order valence-corrected chi connectivity index (χ4v) is 1.98. The van der Waals surface area contributed by atoms with E-state index in [4.69, 9.17) is 9.47 Å². The first kappa shape index (κ1) is 17.9. The Balaban J connectivity index is 2.03. The van der Waals surface area contributed by atoms with Gasteiger partial charge in [-0.15, -0.1) is 0 Å². The van der Waals surface area contributed by atoms with Gasteiger partial charge in [0.25, 0.3) is 5.69 Å². The number of nitro benzene ring substituents is 1. The summed E-state index contributed by atoms with van der Waals surface area (Å²) in [5, 5.41) is 21.1. The minimum Gasteiger partial charge on any atom is -0.495 e. The Labute approximate surface area is 143 Å². The van der Waals surface area contributed by atoms with E-state index in [0.717, 1.165) is 0 Å². The fraction of sp³-hybridized carbons (Fsp3) is 0.188. The molecular weight excluding hydrogens is 328 g/mol. The van der Waals surface area contributed by atoms with Crippen molar-refractivity contribution in [3.63, 3.8) is 0 Å². The molecule has 2 aromatic carbocycles. The second kappa shape index (κ2) is 8.39. The zero-order chi connectivity index (χ0) is 18.2. The molecule has 0 bridgehead atoms. The molecule has 0 aromatic heterocycles. The molecule has 0 unspecified atom stereocenters. The van der Waals surface area contributed by atoms with Gasteiger partial charge >= 0.3 is 0 Å². The first-order valence-electron chi connectivity index (χ1n) is 7.18. The standard InChI is InChI=1S/C16H16N4O5/c1-24-14-6-4-3-5-12(14)18-16(21)10-17-19-13-8-7-11(20(22)23)9-15(13)25-2/h3-9H,10H2,1-2H3,(H,18,21). The summed E-state index contributed by atoms with van der Waals surface area (Å²) in [7, 11) is 2.87. The lowest BCUT2D eigenvalue weighted by atomic mass is 10.2. The van der Waals surface area contributed by atoms with Gasteiger partial charge in [-0.1, -0.05) is 12.1 Å². The number of carbonyl (C=O) groups is 1. The highest BCUT2D eigenvalue weighted by Crippen LogP contribution is 2.31. The van der Waals surface area contributed by atoms with E-state index in [-0.39, 0.29) is 29.6 Å². The number of nitro groups is 1. The summed E-state index contributed by atoms with van der Waals surface area (Å²) in [6.07, 6.45) is 0. The van der Waals surface area contributed by atoms with Gasteiger partial charge in [0.1, 0.15) is 18.0 Å². The molecule has 0 fully saturated rings. The SMILES string of the molecule is COc1cc([N+](=O)[O-])ccc1N=NCC(=O)Nc1ccccc1OC. The molecule has 0 aliphatic heterocycles. The van der Waals surface area contributed by atoms with Crippen LogP contribution in [0.3, 0.4) is 0 Å². The summed E-state index contributed by atoms with van der Waals surface area (Å²) in [5.74, 6) is 0.349. The third-order valence-corrected chi connectivity index (χ3v) is 3.15. The van der Waals surface area contributed by atoms with Crippen LogP contribution in [-0.2, 0) is 4.79 Å². The monoisotopic (exact) mass is 344 g/mol. The zero-order valence-electron chi connectivity index (χ0n) is 13.6. The molecule has 2 rings (SSSR count). The van der Waals surface area contributed by atoms with Crippen LogP contribution in [0.15, 0.2) is 52.7 Å². The number of para-hydroxylation sites is 2. The third-order valence-electron chi connectivity index (χ3n) is 3.15. The van der Waals surface area contributed by atoms with Gasteiger partial charge in [0, 0.05) is 6.07 Å². The van der Waals surface area contributed by atoms with Crippen molar-refractivity contribution < 1.29 is 19.2 Å². The normalized spacial score (nSPS) is 10.5. The highest BCUT2D eigenvalue weighted by Gasteiger charge is 2.11. The number of nitrogens with one attached hydrogen (secondary N) is 1. The van der Waals surface area contributed by atoms with Crippen molar-refractivity contribution in [3.8, 4) is 11.5 Å². The quantitative estimate of drug-likeness (QED) is 0.470. The van der Waals surface area contributed by atoms with Crippen molar-refractivity contribution in [1.82, 2.24) is 0 Å². The topological polar surface area (TPSA) is 115 Å². The molecule has 0 saturated heterocycles. The number of ether oxygens (including phenoxy) is 2. The number of benzene rings is 2. The molecule has 0 aliphatic rings. The van der Waals surface area contributed by atoms with Crippen LogP contribution in [0.1, 0.15) is 0 Å². The van der Waals surface area contributed by atoms with Crippen LogP contribution < -0.4 is 14.8 Å². The second-order valence-corrected chi connectivity index (χ2v) is 4.76. The summed E-state index contributed by atoms with van der Waals surface area (Å²) in [6, 6.07) is 10.9. The number of hydrogen-bond acceptors (Lipinski definition) is 7. The number of rotatable bonds is 7. The van der Waals surface area contributed by atoms with E-state index in [2.05, 4.69) is 15.5 Å². The van der Waals surface area contributed by atoms with Crippen LogP contribution in [-0.4, -0.2) is 31.6 Å². The number of anilines is 1. The molecule has 2 aromatic rings. The lowest BCUT2D eigenvalue weighted by Gasteiger charge is -2.08. The molecular formula is C16H16N4O5. The Kier molecular flexibility index (Phi) is 5.99. The van der Waals surface area contributed by atoms with Gasteiger partial charge in [-0.3, -0.25) is 14.9 Å². The molecule has 0 radical (unpaired) electrons. The Morgan fingerprint density at radius 3 is 2.56 bits per heavy atom. The first-order chi connectivity index (χ1) is 12.0. The minimum atomic E-state index is -0.538. The molecule has 0 spiro atoms. The van der Waals surface area contributed by atoms with Crippen molar-refractivity contribution in [2.45, 2.75) is 0 Å². The first-order valence-corrected chi connectivity index (χ1v) is 7.18. The molecule has 0 heterocycles. The number of amides is 1. The van der Waals surface area contributed by atoms with E-state index in [9.17, 15) is 14.9 Å². The molecule has 25 heavy (non-hydrogen) atoms. The van der Waals surface area contributed by atoms with Gasteiger partial charge in [-0.25, -0.2) is 0 Å². The van der Waals surface area contributed by atoms with Crippen LogP contribution in [0.2, 0.25) is 0 Å². The highest BCUT2D eigenvalue weighted by atomic mass is 16.6. The largest absolute Gasteiger partial charge is 0.495 e. The zero-order valence-corrected chi connectivity index (χ0v) is 13.6. The smallest absolute Gasteiger partial charge is 0.273 e. The average Bonchev–Trinajstić information content (AvgIpc) is 2.62. The van der Waals surface area contributed by atoms with E-state index >= 15 is 0 Å².